The standard InChI is InChI=1S/C18H27N/c1-13(2)15(4)18(12-19-11-16-7-8-16)17-9-5-14(3)6-10-17/h5-6,9-10,13,16,18-19H,4,7-8,11-12H2,1-3H3/t18-/m0/s1. The largest absolute Gasteiger partial charge is 0.316 e. The van der Waals surface area contributed by atoms with Crippen LogP contribution in [0.3, 0.4) is 0 Å². The van der Waals surface area contributed by atoms with Gasteiger partial charge in [0.15, 0.2) is 0 Å². The fourth-order valence-electron chi connectivity index (χ4n) is 2.42. The van der Waals surface area contributed by atoms with Crippen LogP contribution in [0.5, 0.6) is 0 Å². The van der Waals surface area contributed by atoms with Gasteiger partial charge in [-0.25, -0.2) is 0 Å². The number of benzene rings is 1. The van der Waals surface area contributed by atoms with E-state index in [2.05, 4.69) is 56.9 Å². The third-order valence-corrected chi connectivity index (χ3v) is 4.15. The van der Waals surface area contributed by atoms with Gasteiger partial charge in [0.2, 0.25) is 0 Å². The van der Waals surface area contributed by atoms with Crippen molar-refractivity contribution in [1.82, 2.24) is 5.32 Å². The van der Waals surface area contributed by atoms with Gasteiger partial charge in [-0.1, -0.05) is 55.8 Å². The lowest BCUT2D eigenvalue weighted by atomic mass is 9.85. The minimum Gasteiger partial charge on any atom is -0.316 e. The van der Waals surface area contributed by atoms with Crippen LogP contribution >= 0.6 is 0 Å². The third kappa shape index (κ3) is 4.21. The van der Waals surface area contributed by atoms with Crippen molar-refractivity contribution < 1.29 is 0 Å². The molecule has 104 valence electrons. The van der Waals surface area contributed by atoms with E-state index in [1.54, 1.807) is 0 Å². The summed E-state index contributed by atoms with van der Waals surface area (Å²) >= 11 is 0. The number of hydrogen-bond donors (Lipinski definition) is 1. The smallest absolute Gasteiger partial charge is 0.0173 e. The molecule has 0 saturated heterocycles. The predicted octanol–water partition coefficient (Wildman–Crippen LogP) is 4.29. The lowest BCUT2D eigenvalue weighted by molar-refractivity contribution is 0.566. The second-order valence-electron chi connectivity index (χ2n) is 6.29. The van der Waals surface area contributed by atoms with Gasteiger partial charge in [-0.2, -0.15) is 0 Å². The Balaban J connectivity index is 2.03. The summed E-state index contributed by atoms with van der Waals surface area (Å²) in [5, 5.41) is 3.64. The van der Waals surface area contributed by atoms with Crippen molar-refractivity contribution in [3.05, 3.63) is 47.5 Å². The molecule has 1 nitrogen and oxygen atoms in total. The van der Waals surface area contributed by atoms with Crippen molar-refractivity contribution in [3.63, 3.8) is 0 Å². The SMILES string of the molecule is C=C(C(C)C)[C@H](CNCC1CC1)c1ccc(C)cc1. The Bertz CT molecular complexity index is 412. The fraction of sp³-hybridized carbons (Fsp3) is 0.556. The van der Waals surface area contributed by atoms with Crippen molar-refractivity contribution in [3.8, 4) is 0 Å². The highest BCUT2D eigenvalue weighted by molar-refractivity contribution is 5.31. The van der Waals surface area contributed by atoms with E-state index < -0.39 is 0 Å². The maximum absolute atomic E-state index is 4.33. The molecule has 0 amide bonds. The molecule has 1 aromatic rings. The summed E-state index contributed by atoms with van der Waals surface area (Å²) in [5.74, 6) is 1.92. The molecular weight excluding hydrogens is 230 g/mol. The van der Waals surface area contributed by atoms with Gasteiger partial charge in [0.25, 0.3) is 0 Å². The zero-order valence-corrected chi connectivity index (χ0v) is 12.6. The van der Waals surface area contributed by atoms with E-state index in [9.17, 15) is 0 Å². The van der Waals surface area contributed by atoms with Crippen LogP contribution in [0.2, 0.25) is 0 Å². The highest BCUT2D eigenvalue weighted by Crippen LogP contribution is 2.30. The van der Waals surface area contributed by atoms with Gasteiger partial charge in [0.05, 0.1) is 0 Å². The topological polar surface area (TPSA) is 12.0 Å². The number of aryl methyl sites for hydroxylation is 1. The average molecular weight is 257 g/mol. The molecular formula is C18H27N. The van der Waals surface area contributed by atoms with Crippen LogP contribution < -0.4 is 5.32 Å². The molecule has 1 saturated carbocycles. The first kappa shape index (κ1) is 14.3. The second-order valence-corrected chi connectivity index (χ2v) is 6.29. The van der Waals surface area contributed by atoms with Gasteiger partial charge in [-0.05, 0) is 43.7 Å². The van der Waals surface area contributed by atoms with Crippen LogP contribution in [-0.2, 0) is 0 Å². The molecule has 0 heterocycles. The molecule has 0 bridgehead atoms. The molecule has 0 aromatic heterocycles. The Morgan fingerprint density at radius 1 is 1.26 bits per heavy atom. The average Bonchev–Trinajstić information content (AvgIpc) is 3.19. The van der Waals surface area contributed by atoms with E-state index in [1.165, 1.54) is 36.1 Å². The van der Waals surface area contributed by atoms with Crippen molar-refractivity contribution in [2.24, 2.45) is 11.8 Å². The lowest BCUT2D eigenvalue weighted by Gasteiger charge is -2.23. The van der Waals surface area contributed by atoms with Crippen LogP contribution in [0.15, 0.2) is 36.4 Å². The minimum atomic E-state index is 0.444. The van der Waals surface area contributed by atoms with Gasteiger partial charge in [0.1, 0.15) is 0 Å². The second kappa shape index (κ2) is 6.38. The molecule has 19 heavy (non-hydrogen) atoms. The molecule has 0 unspecified atom stereocenters. The maximum Gasteiger partial charge on any atom is 0.0173 e. The van der Waals surface area contributed by atoms with Crippen LogP contribution in [0.25, 0.3) is 0 Å². The van der Waals surface area contributed by atoms with Crippen LogP contribution in [0.1, 0.15) is 43.7 Å². The summed E-state index contributed by atoms with van der Waals surface area (Å²) in [5.41, 5.74) is 4.06. The van der Waals surface area contributed by atoms with Gasteiger partial charge in [-0.15, -0.1) is 0 Å². The zero-order chi connectivity index (χ0) is 13.8. The molecule has 1 heteroatoms. The molecule has 0 radical (unpaired) electrons. The summed E-state index contributed by atoms with van der Waals surface area (Å²) < 4.78 is 0. The van der Waals surface area contributed by atoms with Crippen molar-refractivity contribution in [2.45, 2.75) is 39.5 Å². The Labute approximate surface area is 118 Å². The molecule has 2 rings (SSSR count). The summed E-state index contributed by atoms with van der Waals surface area (Å²) in [6, 6.07) is 8.92. The van der Waals surface area contributed by atoms with Crippen molar-refractivity contribution in [1.29, 1.82) is 0 Å². The Morgan fingerprint density at radius 2 is 1.89 bits per heavy atom. The predicted molar refractivity (Wildman–Crippen MR) is 83.5 cm³/mol. The van der Waals surface area contributed by atoms with Gasteiger partial charge in [0, 0.05) is 12.5 Å². The van der Waals surface area contributed by atoms with Gasteiger partial charge < -0.3 is 5.32 Å². The van der Waals surface area contributed by atoms with E-state index >= 15 is 0 Å². The highest BCUT2D eigenvalue weighted by Gasteiger charge is 2.22. The molecule has 0 spiro atoms. The Kier molecular flexibility index (Phi) is 4.81. The van der Waals surface area contributed by atoms with Crippen molar-refractivity contribution >= 4 is 0 Å². The summed E-state index contributed by atoms with van der Waals surface area (Å²) in [6.45, 7) is 13.1. The van der Waals surface area contributed by atoms with Crippen molar-refractivity contribution in [2.75, 3.05) is 13.1 Å². The number of hydrogen-bond acceptors (Lipinski definition) is 1. The first-order valence-electron chi connectivity index (χ1n) is 7.54. The minimum absolute atomic E-state index is 0.444. The summed E-state index contributed by atoms with van der Waals surface area (Å²) in [7, 11) is 0. The van der Waals surface area contributed by atoms with Gasteiger partial charge in [-0.3, -0.25) is 0 Å². The first-order valence-corrected chi connectivity index (χ1v) is 7.54. The Morgan fingerprint density at radius 3 is 2.42 bits per heavy atom. The normalized spacial score (nSPS) is 16.6. The van der Waals surface area contributed by atoms with Gasteiger partial charge >= 0.3 is 0 Å². The van der Waals surface area contributed by atoms with E-state index in [0.717, 1.165) is 12.5 Å². The molecule has 1 atom stereocenters. The monoisotopic (exact) mass is 257 g/mol. The fourth-order valence-corrected chi connectivity index (χ4v) is 2.42. The number of rotatable bonds is 7. The van der Waals surface area contributed by atoms with E-state index in [1.807, 2.05) is 0 Å². The molecule has 1 aromatic carbocycles. The molecule has 1 aliphatic carbocycles. The van der Waals surface area contributed by atoms with Crippen LogP contribution in [0, 0.1) is 18.8 Å². The summed E-state index contributed by atoms with van der Waals surface area (Å²) in [6.07, 6.45) is 2.82. The molecule has 1 fully saturated rings. The first-order chi connectivity index (χ1) is 9.08. The molecule has 1 N–H and O–H groups in total. The quantitative estimate of drug-likeness (QED) is 0.718. The highest BCUT2D eigenvalue weighted by atomic mass is 14.9. The lowest BCUT2D eigenvalue weighted by Crippen LogP contribution is -2.25. The van der Waals surface area contributed by atoms with E-state index in [4.69, 9.17) is 0 Å². The van der Waals surface area contributed by atoms with Crippen LogP contribution in [-0.4, -0.2) is 13.1 Å². The van der Waals surface area contributed by atoms with Crippen LogP contribution in [0.4, 0.5) is 0 Å². The zero-order valence-electron chi connectivity index (χ0n) is 12.6. The summed E-state index contributed by atoms with van der Waals surface area (Å²) in [4.78, 5) is 0. The third-order valence-electron chi connectivity index (χ3n) is 4.15. The van der Waals surface area contributed by atoms with E-state index in [-0.39, 0.29) is 0 Å². The molecule has 0 aliphatic heterocycles. The van der Waals surface area contributed by atoms with E-state index in [0.29, 0.717) is 11.8 Å². The number of nitrogens with one attached hydrogen (secondary N) is 1. The maximum atomic E-state index is 4.33. The Hall–Kier alpha value is -1.08. The molecule has 1 aliphatic rings.